The van der Waals surface area contributed by atoms with Crippen molar-refractivity contribution in [3.05, 3.63) is 100 Å². The zero-order valence-electron chi connectivity index (χ0n) is 20.7. The molecule has 2 aliphatic rings. The number of nitrogens with zero attached hydrogens (tertiary/aromatic N) is 1. The number of hydrogen-bond acceptors (Lipinski definition) is 4. The SMILES string of the molecule is COc1cccc(C2C3=C(CC(C)(C)CC3=O)Nc3ccccc3N2C(=O)Cc2ccc(Cl)cc2)c1. The Morgan fingerprint density at radius 2 is 1.81 bits per heavy atom. The van der Waals surface area contributed by atoms with E-state index in [0.29, 0.717) is 29.2 Å². The van der Waals surface area contributed by atoms with Crippen LogP contribution in [0.3, 0.4) is 0 Å². The molecule has 3 aromatic rings. The number of para-hydroxylation sites is 2. The number of carbonyl (C=O) groups excluding carboxylic acids is 2. The van der Waals surface area contributed by atoms with Crippen molar-refractivity contribution in [2.45, 2.75) is 39.2 Å². The Bertz CT molecular complexity index is 1360. The van der Waals surface area contributed by atoms with Crippen LogP contribution in [0.15, 0.2) is 84.1 Å². The number of methoxy groups -OCH3 is 1. The third-order valence-electron chi connectivity index (χ3n) is 6.85. The van der Waals surface area contributed by atoms with Gasteiger partial charge in [-0.3, -0.25) is 14.5 Å². The molecule has 0 spiro atoms. The normalized spacial score (nSPS) is 18.6. The van der Waals surface area contributed by atoms with Gasteiger partial charge in [-0.15, -0.1) is 0 Å². The minimum Gasteiger partial charge on any atom is -0.497 e. The van der Waals surface area contributed by atoms with E-state index in [2.05, 4.69) is 19.2 Å². The number of rotatable bonds is 4. The summed E-state index contributed by atoms with van der Waals surface area (Å²) in [6.07, 6.45) is 1.31. The number of carbonyl (C=O) groups is 2. The maximum Gasteiger partial charge on any atom is 0.232 e. The van der Waals surface area contributed by atoms with Gasteiger partial charge in [0.25, 0.3) is 0 Å². The number of allylic oxidation sites excluding steroid dienone is 1. The fraction of sp³-hybridized carbons (Fsp3) is 0.267. The summed E-state index contributed by atoms with van der Waals surface area (Å²) in [5, 5.41) is 4.17. The number of Topliss-reactive ketones (excluding diaryl/α,β-unsaturated/α-hetero) is 1. The molecule has 5 nitrogen and oxygen atoms in total. The number of benzene rings is 3. The van der Waals surface area contributed by atoms with Crippen molar-refractivity contribution in [1.29, 1.82) is 0 Å². The molecule has 0 bridgehead atoms. The van der Waals surface area contributed by atoms with Gasteiger partial charge in [0, 0.05) is 22.7 Å². The van der Waals surface area contributed by atoms with Gasteiger partial charge in [-0.25, -0.2) is 0 Å². The van der Waals surface area contributed by atoms with Crippen molar-refractivity contribution in [2.75, 3.05) is 17.3 Å². The lowest BCUT2D eigenvalue weighted by Crippen LogP contribution is -2.40. The first-order valence-corrected chi connectivity index (χ1v) is 12.5. The number of hydrogen-bond donors (Lipinski definition) is 1. The average molecular weight is 501 g/mol. The Morgan fingerprint density at radius 1 is 1.06 bits per heavy atom. The highest BCUT2D eigenvalue weighted by Crippen LogP contribution is 2.48. The fourth-order valence-corrected chi connectivity index (χ4v) is 5.38. The predicted octanol–water partition coefficient (Wildman–Crippen LogP) is 6.73. The van der Waals surface area contributed by atoms with E-state index in [-0.39, 0.29) is 23.5 Å². The van der Waals surface area contributed by atoms with Crippen molar-refractivity contribution in [1.82, 2.24) is 0 Å². The number of ketones is 1. The van der Waals surface area contributed by atoms with Crippen molar-refractivity contribution in [2.24, 2.45) is 5.41 Å². The van der Waals surface area contributed by atoms with Crippen LogP contribution in [0, 0.1) is 5.41 Å². The van der Waals surface area contributed by atoms with Crippen LogP contribution in [-0.4, -0.2) is 18.8 Å². The van der Waals surface area contributed by atoms with E-state index < -0.39 is 6.04 Å². The van der Waals surface area contributed by atoms with Crippen molar-refractivity contribution in [3.8, 4) is 5.75 Å². The van der Waals surface area contributed by atoms with Gasteiger partial charge in [-0.2, -0.15) is 0 Å². The van der Waals surface area contributed by atoms with Gasteiger partial charge in [0.2, 0.25) is 5.91 Å². The molecule has 1 aliphatic heterocycles. The Labute approximate surface area is 216 Å². The second-order valence-corrected chi connectivity index (χ2v) is 10.7. The molecule has 0 aromatic heterocycles. The van der Waals surface area contributed by atoms with Gasteiger partial charge in [0.1, 0.15) is 5.75 Å². The molecule has 36 heavy (non-hydrogen) atoms. The molecule has 0 fully saturated rings. The first-order valence-electron chi connectivity index (χ1n) is 12.1. The molecule has 0 saturated carbocycles. The maximum atomic E-state index is 14.1. The number of anilines is 2. The number of halogens is 1. The fourth-order valence-electron chi connectivity index (χ4n) is 5.25. The zero-order valence-corrected chi connectivity index (χ0v) is 21.4. The minimum atomic E-state index is -0.588. The maximum absolute atomic E-state index is 14.1. The van der Waals surface area contributed by atoms with Gasteiger partial charge in [0.15, 0.2) is 5.78 Å². The standard InChI is InChI=1S/C30H29ClN2O3/c1-30(2)17-24-28(26(34)18-30)29(20-7-6-8-22(16-20)36-3)33(25-10-5-4-9-23(25)32-24)27(35)15-19-11-13-21(31)14-12-19/h4-14,16,29,32H,15,17-18H2,1-3H3. The van der Waals surface area contributed by atoms with E-state index in [4.69, 9.17) is 16.3 Å². The third-order valence-corrected chi connectivity index (χ3v) is 7.10. The van der Waals surface area contributed by atoms with Gasteiger partial charge in [-0.1, -0.05) is 61.8 Å². The summed E-state index contributed by atoms with van der Waals surface area (Å²) in [6, 6.07) is 22.1. The highest BCUT2D eigenvalue weighted by molar-refractivity contribution is 6.30. The molecule has 1 amide bonds. The largest absolute Gasteiger partial charge is 0.497 e. The monoisotopic (exact) mass is 500 g/mol. The third kappa shape index (κ3) is 4.63. The summed E-state index contributed by atoms with van der Waals surface area (Å²) in [7, 11) is 1.62. The lowest BCUT2D eigenvalue weighted by molar-refractivity contribution is -0.119. The molecule has 1 heterocycles. The first kappa shape index (κ1) is 24.1. The minimum absolute atomic E-state index is 0.0543. The number of nitrogens with one attached hydrogen (secondary N) is 1. The van der Waals surface area contributed by atoms with E-state index in [1.807, 2.05) is 60.7 Å². The summed E-state index contributed by atoms with van der Waals surface area (Å²) < 4.78 is 5.51. The Hall–Kier alpha value is -3.57. The Kier molecular flexibility index (Phi) is 6.35. The van der Waals surface area contributed by atoms with E-state index in [0.717, 1.165) is 28.2 Å². The van der Waals surface area contributed by atoms with Crippen LogP contribution in [0.4, 0.5) is 11.4 Å². The summed E-state index contributed by atoms with van der Waals surface area (Å²) in [5.41, 5.74) is 4.57. The number of ether oxygens (including phenoxy) is 1. The smallest absolute Gasteiger partial charge is 0.232 e. The van der Waals surface area contributed by atoms with Gasteiger partial charge in [-0.05, 0) is 59.4 Å². The van der Waals surface area contributed by atoms with E-state index in [9.17, 15) is 9.59 Å². The van der Waals surface area contributed by atoms with Gasteiger partial charge >= 0.3 is 0 Å². The Morgan fingerprint density at radius 3 is 2.56 bits per heavy atom. The molecule has 184 valence electrons. The van der Waals surface area contributed by atoms with Crippen LogP contribution >= 0.6 is 11.6 Å². The molecule has 1 unspecified atom stereocenters. The predicted molar refractivity (Wildman–Crippen MR) is 143 cm³/mol. The molecule has 5 rings (SSSR count). The molecule has 0 saturated heterocycles. The van der Waals surface area contributed by atoms with Crippen molar-refractivity contribution in [3.63, 3.8) is 0 Å². The van der Waals surface area contributed by atoms with Crippen LogP contribution in [0.5, 0.6) is 5.75 Å². The van der Waals surface area contributed by atoms with Crippen LogP contribution in [0.1, 0.15) is 43.9 Å². The van der Waals surface area contributed by atoms with Gasteiger partial charge < -0.3 is 10.1 Å². The van der Waals surface area contributed by atoms with Crippen molar-refractivity contribution < 1.29 is 14.3 Å². The van der Waals surface area contributed by atoms with Crippen LogP contribution < -0.4 is 15.0 Å². The van der Waals surface area contributed by atoms with Gasteiger partial charge in [0.05, 0.1) is 30.9 Å². The summed E-state index contributed by atoms with van der Waals surface area (Å²) in [5.74, 6) is 0.623. The summed E-state index contributed by atoms with van der Waals surface area (Å²) >= 11 is 6.07. The van der Waals surface area contributed by atoms with Crippen LogP contribution in [0.2, 0.25) is 5.02 Å². The topological polar surface area (TPSA) is 58.6 Å². The quantitative estimate of drug-likeness (QED) is 0.431. The van der Waals surface area contributed by atoms with Crippen molar-refractivity contribution >= 4 is 34.7 Å². The molecular weight excluding hydrogens is 472 g/mol. The van der Waals surface area contributed by atoms with Crippen LogP contribution in [0.25, 0.3) is 0 Å². The lowest BCUT2D eigenvalue weighted by atomic mass is 9.73. The van der Waals surface area contributed by atoms with E-state index in [1.165, 1.54) is 0 Å². The second kappa shape index (κ2) is 9.47. The molecule has 1 N–H and O–H groups in total. The van der Waals surface area contributed by atoms with E-state index >= 15 is 0 Å². The zero-order chi connectivity index (χ0) is 25.4. The molecule has 1 aliphatic carbocycles. The Balaban J connectivity index is 1.72. The average Bonchev–Trinajstić information content (AvgIpc) is 2.99. The first-order chi connectivity index (χ1) is 17.3. The lowest BCUT2D eigenvalue weighted by Gasteiger charge is -2.37. The molecular formula is C30H29ClN2O3. The molecule has 6 heteroatoms. The molecule has 3 aromatic carbocycles. The second-order valence-electron chi connectivity index (χ2n) is 10.2. The van der Waals surface area contributed by atoms with Crippen LogP contribution in [-0.2, 0) is 16.0 Å². The number of fused-ring (bicyclic) bond motifs is 1. The summed E-state index contributed by atoms with van der Waals surface area (Å²) in [4.78, 5) is 29.7. The highest BCUT2D eigenvalue weighted by Gasteiger charge is 2.43. The highest BCUT2D eigenvalue weighted by atomic mass is 35.5. The van der Waals surface area contributed by atoms with E-state index in [1.54, 1.807) is 24.1 Å². The molecule has 0 radical (unpaired) electrons. The molecule has 1 atom stereocenters. The number of amides is 1. The summed E-state index contributed by atoms with van der Waals surface area (Å²) in [6.45, 7) is 4.22.